The van der Waals surface area contributed by atoms with Crippen LogP contribution in [0.3, 0.4) is 0 Å². The number of hydrogen-bond donors (Lipinski definition) is 2. The Labute approximate surface area is 247 Å². The summed E-state index contributed by atoms with van der Waals surface area (Å²) >= 11 is 1.18. The Hall–Kier alpha value is -5.05. The molecule has 2 aromatic heterocycles. The molecule has 208 valence electrons. The van der Waals surface area contributed by atoms with E-state index in [1.807, 2.05) is 66.7 Å². The third kappa shape index (κ3) is 6.63. The third-order valence-electron chi connectivity index (χ3n) is 6.13. The number of carbonyl (C=O) groups is 1. The predicted molar refractivity (Wildman–Crippen MR) is 163 cm³/mol. The molecule has 2 heterocycles. The quantitative estimate of drug-likeness (QED) is 0.199. The summed E-state index contributed by atoms with van der Waals surface area (Å²) < 4.78 is 27.6. The van der Waals surface area contributed by atoms with E-state index in [0.29, 0.717) is 22.0 Å². The highest BCUT2D eigenvalue weighted by molar-refractivity contribution is 8.00. The van der Waals surface area contributed by atoms with E-state index in [0.717, 1.165) is 16.7 Å². The summed E-state index contributed by atoms with van der Waals surface area (Å²) in [4.78, 5) is 25.7. The molecular weight excluding hydrogens is 569 g/mol. The second-order valence-corrected chi connectivity index (χ2v) is 12.0. The smallest absolute Gasteiger partial charge is 0.264 e. The second kappa shape index (κ2) is 12.6. The molecule has 3 aromatic carbocycles. The lowest BCUT2D eigenvalue weighted by Gasteiger charge is -2.16. The maximum atomic E-state index is 13.2. The fourth-order valence-corrected chi connectivity index (χ4v) is 5.91. The number of sulfonamides is 1. The van der Waals surface area contributed by atoms with Gasteiger partial charge in [-0.3, -0.25) is 4.79 Å². The summed E-state index contributed by atoms with van der Waals surface area (Å²) in [5.41, 5.74) is 3.98. The van der Waals surface area contributed by atoms with Crippen molar-refractivity contribution in [3.63, 3.8) is 0 Å². The molecule has 0 bridgehead atoms. The van der Waals surface area contributed by atoms with Gasteiger partial charge in [-0.1, -0.05) is 72.4 Å². The van der Waals surface area contributed by atoms with Gasteiger partial charge in [0.15, 0.2) is 0 Å². The summed E-state index contributed by atoms with van der Waals surface area (Å²) in [6, 6.07) is 30.7. The van der Waals surface area contributed by atoms with Crippen LogP contribution in [0.15, 0.2) is 119 Å². The molecule has 42 heavy (non-hydrogen) atoms. The van der Waals surface area contributed by atoms with Crippen molar-refractivity contribution in [1.29, 1.82) is 5.26 Å². The van der Waals surface area contributed by atoms with Gasteiger partial charge < -0.3 is 5.32 Å². The van der Waals surface area contributed by atoms with Gasteiger partial charge in [0, 0.05) is 29.2 Å². The van der Waals surface area contributed by atoms with Crippen LogP contribution in [-0.4, -0.2) is 34.5 Å². The highest BCUT2D eigenvalue weighted by atomic mass is 32.2. The number of nitrogens with one attached hydrogen (secondary N) is 2. The van der Waals surface area contributed by atoms with Crippen molar-refractivity contribution in [2.75, 3.05) is 10.0 Å². The number of amides is 1. The lowest BCUT2D eigenvalue weighted by molar-refractivity contribution is -0.115. The van der Waals surface area contributed by atoms with Gasteiger partial charge in [0.25, 0.3) is 10.0 Å². The van der Waals surface area contributed by atoms with Crippen LogP contribution in [0.25, 0.3) is 22.4 Å². The fourth-order valence-electron chi connectivity index (χ4n) is 4.03. The van der Waals surface area contributed by atoms with Crippen LogP contribution < -0.4 is 10.0 Å². The lowest BCUT2D eigenvalue weighted by Crippen LogP contribution is -2.23. The van der Waals surface area contributed by atoms with Gasteiger partial charge in [0.2, 0.25) is 11.9 Å². The van der Waals surface area contributed by atoms with E-state index in [-0.39, 0.29) is 16.8 Å². The number of aromatic nitrogens is 3. The summed E-state index contributed by atoms with van der Waals surface area (Å²) in [5.74, 6) is -0.374. The minimum atomic E-state index is -3.91. The van der Waals surface area contributed by atoms with Crippen molar-refractivity contribution in [3.8, 4) is 28.5 Å². The zero-order chi connectivity index (χ0) is 29.5. The number of thioether (sulfide) groups is 1. The van der Waals surface area contributed by atoms with Gasteiger partial charge in [-0.05, 0) is 48.9 Å². The zero-order valence-electron chi connectivity index (χ0n) is 22.3. The van der Waals surface area contributed by atoms with Crippen LogP contribution in [0.2, 0.25) is 0 Å². The maximum Gasteiger partial charge on any atom is 0.264 e. The van der Waals surface area contributed by atoms with Crippen LogP contribution in [0.4, 0.5) is 11.6 Å². The number of benzene rings is 3. The molecule has 0 spiro atoms. The van der Waals surface area contributed by atoms with Crippen molar-refractivity contribution < 1.29 is 13.2 Å². The number of hydrogen-bond acceptors (Lipinski definition) is 8. The fraction of sp³-hybridized carbons (Fsp3) is 0.0645. The highest BCUT2D eigenvalue weighted by Gasteiger charge is 2.22. The van der Waals surface area contributed by atoms with Gasteiger partial charge in [-0.15, -0.1) is 0 Å². The number of rotatable bonds is 9. The van der Waals surface area contributed by atoms with E-state index in [9.17, 15) is 18.5 Å². The molecule has 0 fully saturated rings. The van der Waals surface area contributed by atoms with Gasteiger partial charge >= 0.3 is 0 Å². The van der Waals surface area contributed by atoms with Crippen LogP contribution in [0.5, 0.6) is 0 Å². The first-order valence-electron chi connectivity index (χ1n) is 12.8. The molecule has 9 nitrogen and oxygen atoms in total. The van der Waals surface area contributed by atoms with E-state index in [2.05, 4.69) is 26.1 Å². The molecule has 1 unspecified atom stereocenters. The Morgan fingerprint density at radius 1 is 0.881 bits per heavy atom. The first-order valence-corrected chi connectivity index (χ1v) is 15.1. The molecule has 1 amide bonds. The Balaban J connectivity index is 1.36. The normalized spacial score (nSPS) is 11.7. The van der Waals surface area contributed by atoms with Gasteiger partial charge in [0.1, 0.15) is 11.1 Å². The first-order chi connectivity index (χ1) is 20.3. The molecule has 5 rings (SSSR count). The molecule has 0 aliphatic carbocycles. The van der Waals surface area contributed by atoms with E-state index in [1.165, 1.54) is 48.4 Å². The van der Waals surface area contributed by atoms with Gasteiger partial charge in [0.05, 0.1) is 21.4 Å². The van der Waals surface area contributed by atoms with Crippen molar-refractivity contribution in [1.82, 2.24) is 15.0 Å². The minimum Gasteiger partial charge on any atom is -0.325 e. The number of anilines is 2. The number of nitrogens with zero attached hydrogens (tertiary/aromatic N) is 4. The SMILES string of the molecule is CC(Sc1nc(-c2ccccc2)cc(-c2ccccc2)c1C#N)C(=O)Nc1ccc(S(=O)(=O)Nc2ncccn2)cc1. The Morgan fingerprint density at radius 2 is 1.50 bits per heavy atom. The number of nitriles is 1. The number of carbonyl (C=O) groups excluding carboxylic acids is 1. The molecule has 0 saturated carbocycles. The monoisotopic (exact) mass is 592 g/mol. The van der Waals surface area contributed by atoms with Crippen molar-refractivity contribution >= 4 is 39.3 Å². The summed E-state index contributed by atoms with van der Waals surface area (Å²) in [5, 5.41) is 12.8. The Bertz CT molecular complexity index is 1850. The van der Waals surface area contributed by atoms with E-state index in [1.54, 1.807) is 13.0 Å². The summed E-state index contributed by atoms with van der Waals surface area (Å²) in [6.07, 6.45) is 2.86. The maximum absolute atomic E-state index is 13.2. The predicted octanol–water partition coefficient (Wildman–Crippen LogP) is 6.00. The van der Waals surface area contributed by atoms with E-state index >= 15 is 0 Å². The molecule has 2 N–H and O–H groups in total. The standard InChI is InChI=1S/C31H24N6O3S2/c1-21(29(38)35-24-13-15-25(16-14-24)42(39,40)37-31-33-17-8-18-34-31)41-30-27(20-32)26(22-9-4-2-5-10-22)19-28(36-30)23-11-6-3-7-12-23/h2-19,21H,1H3,(H,35,38)(H,33,34,37). The first kappa shape index (κ1) is 28.5. The minimum absolute atomic E-state index is 0.00981. The molecule has 0 aliphatic rings. The molecule has 0 aliphatic heterocycles. The molecule has 0 saturated heterocycles. The van der Waals surface area contributed by atoms with E-state index in [4.69, 9.17) is 4.98 Å². The Morgan fingerprint density at radius 3 is 2.12 bits per heavy atom. The molecule has 1 atom stereocenters. The van der Waals surface area contributed by atoms with Gasteiger partial charge in [-0.2, -0.15) is 5.26 Å². The third-order valence-corrected chi connectivity index (χ3v) is 8.56. The lowest BCUT2D eigenvalue weighted by atomic mass is 9.99. The topological polar surface area (TPSA) is 138 Å². The van der Waals surface area contributed by atoms with Gasteiger partial charge in [-0.25, -0.2) is 28.1 Å². The molecule has 5 aromatic rings. The van der Waals surface area contributed by atoms with Crippen molar-refractivity contribution in [2.24, 2.45) is 0 Å². The zero-order valence-corrected chi connectivity index (χ0v) is 23.9. The van der Waals surface area contributed by atoms with Crippen LogP contribution in [0.1, 0.15) is 12.5 Å². The average molecular weight is 593 g/mol. The largest absolute Gasteiger partial charge is 0.325 e. The summed E-state index contributed by atoms with van der Waals surface area (Å²) in [6.45, 7) is 1.73. The van der Waals surface area contributed by atoms with Crippen LogP contribution in [-0.2, 0) is 14.8 Å². The van der Waals surface area contributed by atoms with E-state index < -0.39 is 15.3 Å². The van der Waals surface area contributed by atoms with Crippen LogP contribution in [0, 0.1) is 11.3 Å². The Kier molecular flexibility index (Phi) is 8.57. The molecule has 11 heteroatoms. The molecule has 0 radical (unpaired) electrons. The van der Waals surface area contributed by atoms with Crippen molar-refractivity contribution in [3.05, 3.63) is 115 Å². The summed E-state index contributed by atoms with van der Waals surface area (Å²) in [7, 11) is -3.91. The molecular formula is C31H24N6O3S2. The highest BCUT2D eigenvalue weighted by Crippen LogP contribution is 2.36. The van der Waals surface area contributed by atoms with Crippen molar-refractivity contribution in [2.45, 2.75) is 22.1 Å². The number of pyridine rings is 1. The van der Waals surface area contributed by atoms with Crippen LogP contribution >= 0.6 is 11.8 Å². The second-order valence-electron chi connectivity index (χ2n) is 9.03. The average Bonchev–Trinajstić information content (AvgIpc) is 3.02.